The van der Waals surface area contributed by atoms with Gasteiger partial charge in [0.15, 0.2) is 0 Å². The second-order valence-electron chi connectivity index (χ2n) is 10.1. The van der Waals surface area contributed by atoms with E-state index in [0.717, 1.165) is 74.3 Å². The third-order valence-corrected chi connectivity index (χ3v) is 8.23. The van der Waals surface area contributed by atoms with E-state index >= 15 is 0 Å². The van der Waals surface area contributed by atoms with E-state index in [1.807, 2.05) is 35.2 Å². The lowest BCUT2D eigenvalue weighted by Crippen LogP contribution is -2.62. The summed E-state index contributed by atoms with van der Waals surface area (Å²) in [5.41, 5.74) is 3.28. The summed E-state index contributed by atoms with van der Waals surface area (Å²) in [5, 5.41) is 4.29. The molecule has 1 aliphatic carbocycles. The van der Waals surface area contributed by atoms with Gasteiger partial charge in [0.2, 0.25) is 5.91 Å². The normalized spacial score (nSPS) is 20.3. The summed E-state index contributed by atoms with van der Waals surface area (Å²) in [7, 11) is 1.70. The molecule has 2 fully saturated rings. The Bertz CT molecular complexity index is 1270. The molecule has 0 unspecified atom stereocenters. The highest BCUT2D eigenvalue weighted by molar-refractivity contribution is 6.15. The van der Waals surface area contributed by atoms with Crippen LogP contribution < -0.4 is 15.0 Å². The van der Waals surface area contributed by atoms with Crippen molar-refractivity contribution in [1.82, 2.24) is 9.88 Å². The van der Waals surface area contributed by atoms with Crippen molar-refractivity contribution in [1.29, 1.82) is 0 Å². The van der Waals surface area contributed by atoms with E-state index in [-0.39, 0.29) is 11.8 Å². The molecule has 2 amide bonds. The first-order valence-corrected chi connectivity index (χ1v) is 12.7. The fraction of sp³-hybridized carbons (Fsp3) is 0.429. The van der Waals surface area contributed by atoms with E-state index in [9.17, 15) is 9.59 Å². The molecular formula is C28H32N4O3. The molecular weight excluding hydrogens is 440 g/mol. The molecule has 0 bridgehead atoms. The Balaban J connectivity index is 1.18. The highest BCUT2D eigenvalue weighted by Gasteiger charge is 2.52. The predicted molar refractivity (Wildman–Crippen MR) is 137 cm³/mol. The van der Waals surface area contributed by atoms with Crippen LogP contribution >= 0.6 is 0 Å². The van der Waals surface area contributed by atoms with Crippen LogP contribution in [0.5, 0.6) is 5.75 Å². The van der Waals surface area contributed by atoms with E-state index in [4.69, 9.17) is 4.74 Å². The molecule has 1 saturated heterocycles. The molecule has 2 N–H and O–H groups in total. The first-order chi connectivity index (χ1) is 17.1. The molecule has 35 heavy (non-hydrogen) atoms. The molecule has 2 aliphatic heterocycles. The van der Waals surface area contributed by atoms with Gasteiger partial charge >= 0.3 is 0 Å². The number of likely N-dealkylation sites (tertiary alicyclic amines) is 1. The average molecular weight is 473 g/mol. The van der Waals surface area contributed by atoms with Gasteiger partial charge in [0.05, 0.1) is 25.0 Å². The smallest absolute Gasteiger partial charge is 0.250 e. The van der Waals surface area contributed by atoms with E-state index in [1.54, 1.807) is 7.11 Å². The summed E-state index contributed by atoms with van der Waals surface area (Å²) in [6.45, 7) is 2.07. The van der Waals surface area contributed by atoms with Crippen molar-refractivity contribution in [3.8, 4) is 5.75 Å². The van der Waals surface area contributed by atoms with Gasteiger partial charge in [-0.15, -0.1) is 0 Å². The van der Waals surface area contributed by atoms with E-state index in [1.165, 1.54) is 10.9 Å². The zero-order valence-electron chi connectivity index (χ0n) is 20.2. The van der Waals surface area contributed by atoms with Gasteiger partial charge in [-0.3, -0.25) is 19.4 Å². The van der Waals surface area contributed by atoms with Crippen LogP contribution in [0.4, 0.5) is 11.4 Å². The summed E-state index contributed by atoms with van der Waals surface area (Å²) in [6.07, 6.45) is 7.53. The molecule has 1 aromatic heterocycles. The van der Waals surface area contributed by atoms with Gasteiger partial charge in [-0.25, -0.2) is 0 Å². The lowest BCUT2D eigenvalue weighted by Gasteiger charge is -2.45. The van der Waals surface area contributed by atoms with Gasteiger partial charge < -0.3 is 15.0 Å². The number of fused-ring (bicyclic) bond motifs is 2. The number of rotatable bonds is 4. The fourth-order valence-corrected chi connectivity index (χ4v) is 6.38. The third-order valence-electron chi connectivity index (χ3n) is 8.23. The summed E-state index contributed by atoms with van der Waals surface area (Å²) < 4.78 is 5.43. The Morgan fingerprint density at radius 3 is 2.66 bits per heavy atom. The zero-order chi connectivity index (χ0) is 24.0. The standard InChI is InChI=1S/C28H32N4O3/c1-35-20-8-9-23-21(16-20)22(17-29-23)19-10-14-31(15-11-19)18-26(33)32-25-7-3-2-6-24(25)30-27(34)28(32)12-4-5-13-28/h2-3,6-9,16-17,19,29H,4-5,10-15,18H2,1H3,(H,30,34). The maximum Gasteiger partial charge on any atom is 0.250 e. The summed E-state index contributed by atoms with van der Waals surface area (Å²) in [6, 6.07) is 13.8. The monoisotopic (exact) mass is 472 g/mol. The zero-order valence-corrected chi connectivity index (χ0v) is 20.2. The first-order valence-electron chi connectivity index (χ1n) is 12.7. The van der Waals surface area contributed by atoms with Crippen molar-refractivity contribution in [2.45, 2.75) is 50.0 Å². The lowest BCUT2D eigenvalue weighted by molar-refractivity contribution is -0.128. The Kier molecular flexibility index (Phi) is 5.52. The molecule has 182 valence electrons. The van der Waals surface area contributed by atoms with Crippen molar-refractivity contribution < 1.29 is 14.3 Å². The van der Waals surface area contributed by atoms with Gasteiger partial charge in [-0.1, -0.05) is 25.0 Å². The van der Waals surface area contributed by atoms with E-state index in [2.05, 4.69) is 33.5 Å². The maximum absolute atomic E-state index is 13.8. The lowest BCUT2D eigenvalue weighted by atomic mass is 9.88. The Hall–Kier alpha value is -3.32. The second kappa shape index (κ2) is 8.72. The molecule has 1 spiro atoms. The van der Waals surface area contributed by atoms with Gasteiger partial charge in [0, 0.05) is 17.1 Å². The SMILES string of the molecule is COc1ccc2[nH]cc(C3CCN(CC(=O)N4c5ccccc5NC(=O)C45CCCC5)CC3)c2c1. The van der Waals surface area contributed by atoms with Crippen molar-refractivity contribution >= 4 is 34.1 Å². The number of aromatic amines is 1. The molecule has 3 heterocycles. The van der Waals surface area contributed by atoms with Gasteiger partial charge in [0.25, 0.3) is 5.91 Å². The number of nitrogens with zero attached hydrogens (tertiary/aromatic N) is 2. The minimum atomic E-state index is -0.743. The molecule has 7 heteroatoms. The number of carbonyl (C=O) groups excluding carboxylic acids is 2. The van der Waals surface area contributed by atoms with Crippen LogP contribution in [0.2, 0.25) is 0 Å². The molecule has 6 rings (SSSR count). The number of aromatic nitrogens is 1. The number of anilines is 2. The van der Waals surface area contributed by atoms with Crippen molar-refractivity contribution in [3.05, 3.63) is 54.2 Å². The number of H-pyrrole nitrogens is 1. The number of amides is 2. The van der Waals surface area contributed by atoms with Crippen molar-refractivity contribution in [3.63, 3.8) is 0 Å². The minimum absolute atomic E-state index is 0.0319. The Morgan fingerprint density at radius 2 is 1.89 bits per heavy atom. The van der Waals surface area contributed by atoms with Gasteiger partial charge in [-0.2, -0.15) is 0 Å². The van der Waals surface area contributed by atoms with Crippen LogP contribution in [0.15, 0.2) is 48.7 Å². The highest BCUT2D eigenvalue weighted by atomic mass is 16.5. The maximum atomic E-state index is 13.8. The largest absolute Gasteiger partial charge is 0.497 e. The molecule has 3 aromatic rings. The third kappa shape index (κ3) is 3.69. The number of nitrogens with one attached hydrogen (secondary N) is 2. The predicted octanol–water partition coefficient (Wildman–Crippen LogP) is 4.65. The number of ether oxygens (including phenoxy) is 1. The summed E-state index contributed by atoms with van der Waals surface area (Å²) >= 11 is 0. The first kappa shape index (κ1) is 22.2. The quantitative estimate of drug-likeness (QED) is 0.579. The van der Waals surface area contributed by atoms with Crippen LogP contribution in [0, 0.1) is 0 Å². The van der Waals surface area contributed by atoms with Gasteiger partial charge in [0.1, 0.15) is 11.3 Å². The van der Waals surface area contributed by atoms with E-state index < -0.39 is 5.54 Å². The van der Waals surface area contributed by atoms with Crippen LogP contribution in [0.3, 0.4) is 0 Å². The number of hydrogen-bond donors (Lipinski definition) is 2. The number of hydrogen-bond acceptors (Lipinski definition) is 4. The van der Waals surface area contributed by atoms with E-state index in [0.29, 0.717) is 12.5 Å². The minimum Gasteiger partial charge on any atom is -0.497 e. The molecule has 0 radical (unpaired) electrons. The van der Waals surface area contributed by atoms with Crippen molar-refractivity contribution in [2.24, 2.45) is 0 Å². The molecule has 3 aliphatic rings. The van der Waals surface area contributed by atoms with Crippen LogP contribution in [-0.4, -0.2) is 54.0 Å². The van der Waals surface area contributed by atoms with Crippen LogP contribution in [0.25, 0.3) is 10.9 Å². The molecule has 1 saturated carbocycles. The second-order valence-corrected chi connectivity index (χ2v) is 10.1. The Morgan fingerprint density at radius 1 is 1.11 bits per heavy atom. The Labute approximate surface area is 205 Å². The van der Waals surface area contributed by atoms with Crippen LogP contribution in [0.1, 0.15) is 50.0 Å². The summed E-state index contributed by atoms with van der Waals surface area (Å²) in [4.78, 5) is 34.5. The highest BCUT2D eigenvalue weighted by Crippen LogP contribution is 2.45. The molecule has 7 nitrogen and oxygen atoms in total. The topological polar surface area (TPSA) is 77.7 Å². The number of methoxy groups -OCH3 is 1. The number of benzene rings is 2. The number of piperidine rings is 1. The number of carbonyl (C=O) groups is 2. The molecule has 0 atom stereocenters. The summed E-state index contributed by atoms with van der Waals surface area (Å²) in [5.74, 6) is 1.32. The fourth-order valence-electron chi connectivity index (χ4n) is 6.38. The van der Waals surface area contributed by atoms with Crippen molar-refractivity contribution in [2.75, 3.05) is 37.0 Å². The average Bonchev–Trinajstić information content (AvgIpc) is 3.53. The molecule has 2 aromatic carbocycles. The van der Waals surface area contributed by atoms with Gasteiger partial charge in [-0.05, 0) is 80.6 Å². The van der Waals surface area contributed by atoms with Crippen LogP contribution in [-0.2, 0) is 9.59 Å². The number of para-hydroxylation sites is 2.